The van der Waals surface area contributed by atoms with E-state index in [1.807, 2.05) is 35.4 Å². The van der Waals surface area contributed by atoms with Crippen LogP contribution in [0.15, 0.2) is 35.7 Å². The lowest BCUT2D eigenvalue weighted by Gasteiger charge is -2.19. The molecule has 1 atom stereocenters. The SMILES string of the molecule is C=CC1CC(=O)N(c2cc(Cl)ccc2SC)C1. The average molecular weight is 268 g/mol. The van der Waals surface area contributed by atoms with Gasteiger partial charge in [0.15, 0.2) is 0 Å². The van der Waals surface area contributed by atoms with Gasteiger partial charge < -0.3 is 4.90 Å². The largest absolute Gasteiger partial charge is 0.311 e. The van der Waals surface area contributed by atoms with Crippen molar-refractivity contribution in [3.8, 4) is 0 Å². The number of thioether (sulfide) groups is 1. The summed E-state index contributed by atoms with van der Waals surface area (Å²) in [6, 6.07) is 5.66. The second-order valence-electron chi connectivity index (χ2n) is 4.02. The van der Waals surface area contributed by atoms with Crippen LogP contribution in [0.4, 0.5) is 5.69 Å². The van der Waals surface area contributed by atoms with Crippen molar-refractivity contribution in [2.24, 2.45) is 5.92 Å². The quantitative estimate of drug-likeness (QED) is 0.616. The summed E-state index contributed by atoms with van der Waals surface area (Å²) in [6.07, 6.45) is 4.39. The lowest BCUT2D eigenvalue weighted by atomic mass is 10.1. The first-order chi connectivity index (χ1) is 8.15. The molecule has 0 aliphatic carbocycles. The van der Waals surface area contributed by atoms with Gasteiger partial charge in [-0.3, -0.25) is 4.79 Å². The van der Waals surface area contributed by atoms with E-state index in [0.29, 0.717) is 18.0 Å². The van der Waals surface area contributed by atoms with Crippen LogP contribution in [0.25, 0.3) is 0 Å². The summed E-state index contributed by atoms with van der Waals surface area (Å²) in [5.74, 6) is 0.392. The van der Waals surface area contributed by atoms with Crippen LogP contribution in [0, 0.1) is 5.92 Å². The summed E-state index contributed by atoms with van der Waals surface area (Å²) in [5.41, 5.74) is 0.916. The van der Waals surface area contributed by atoms with Crippen LogP contribution >= 0.6 is 23.4 Å². The summed E-state index contributed by atoms with van der Waals surface area (Å²) in [4.78, 5) is 14.8. The minimum Gasteiger partial charge on any atom is -0.311 e. The summed E-state index contributed by atoms with van der Waals surface area (Å²) in [6.45, 7) is 4.46. The zero-order valence-corrected chi connectivity index (χ0v) is 11.2. The molecule has 17 heavy (non-hydrogen) atoms. The highest BCUT2D eigenvalue weighted by Crippen LogP contribution is 2.35. The Labute approximate surface area is 111 Å². The van der Waals surface area contributed by atoms with Gasteiger partial charge in [0.2, 0.25) is 5.91 Å². The van der Waals surface area contributed by atoms with Crippen molar-refractivity contribution in [1.29, 1.82) is 0 Å². The molecule has 1 aliphatic rings. The number of hydrogen-bond acceptors (Lipinski definition) is 2. The normalized spacial score (nSPS) is 19.8. The van der Waals surface area contributed by atoms with Gasteiger partial charge in [-0.1, -0.05) is 17.7 Å². The topological polar surface area (TPSA) is 20.3 Å². The van der Waals surface area contributed by atoms with Gasteiger partial charge in [0, 0.05) is 28.8 Å². The molecule has 90 valence electrons. The molecule has 0 aromatic heterocycles. The monoisotopic (exact) mass is 267 g/mol. The van der Waals surface area contributed by atoms with E-state index in [-0.39, 0.29) is 11.8 Å². The molecule has 1 saturated heterocycles. The van der Waals surface area contributed by atoms with Crippen LogP contribution in [-0.2, 0) is 4.79 Å². The Hall–Kier alpha value is -0.930. The second-order valence-corrected chi connectivity index (χ2v) is 5.30. The zero-order valence-electron chi connectivity index (χ0n) is 9.65. The first kappa shape index (κ1) is 12.5. The van der Waals surface area contributed by atoms with E-state index in [0.717, 1.165) is 10.6 Å². The standard InChI is InChI=1S/C13H14ClNOS/c1-3-9-6-13(16)15(8-9)11-7-10(14)4-5-12(11)17-2/h3-5,7,9H,1,6,8H2,2H3. The highest BCUT2D eigenvalue weighted by Gasteiger charge is 2.30. The molecule has 2 rings (SSSR count). The molecule has 1 fully saturated rings. The Morgan fingerprint density at radius 3 is 2.94 bits per heavy atom. The Morgan fingerprint density at radius 2 is 2.35 bits per heavy atom. The van der Waals surface area contributed by atoms with Crippen LogP contribution in [0.5, 0.6) is 0 Å². The Morgan fingerprint density at radius 1 is 1.59 bits per heavy atom. The van der Waals surface area contributed by atoms with Crippen molar-refractivity contribution in [3.05, 3.63) is 35.9 Å². The Bertz CT molecular complexity index is 461. The molecule has 1 aliphatic heterocycles. The smallest absolute Gasteiger partial charge is 0.227 e. The summed E-state index contributed by atoms with van der Waals surface area (Å²) < 4.78 is 0. The third-order valence-corrected chi connectivity index (χ3v) is 3.94. The first-order valence-corrected chi connectivity index (χ1v) is 7.02. The molecule has 1 amide bonds. The fourth-order valence-corrected chi connectivity index (χ4v) is 2.75. The van der Waals surface area contributed by atoms with Crippen molar-refractivity contribution in [1.82, 2.24) is 0 Å². The van der Waals surface area contributed by atoms with Crippen molar-refractivity contribution in [2.75, 3.05) is 17.7 Å². The van der Waals surface area contributed by atoms with E-state index in [9.17, 15) is 4.79 Å². The molecule has 1 unspecified atom stereocenters. The van der Waals surface area contributed by atoms with E-state index >= 15 is 0 Å². The summed E-state index contributed by atoms with van der Waals surface area (Å²) >= 11 is 7.63. The Balaban J connectivity index is 2.36. The molecule has 0 spiro atoms. The molecule has 1 aromatic carbocycles. The van der Waals surface area contributed by atoms with E-state index in [1.165, 1.54) is 0 Å². The minimum atomic E-state index is 0.146. The van der Waals surface area contributed by atoms with Crippen molar-refractivity contribution < 1.29 is 4.79 Å². The van der Waals surface area contributed by atoms with Crippen molar-refractivity contribution in [2.45, 2.75) is 11.3 Å². The van der Waals surface area contributed by atoms with E-state index in [1.54, 1.807) is 11.8 Å². The van der Waals surface area contributed by atoms with Gasteiger partial charge in [-0.05, 0) is 24.5 Å². The molecule has 0 radical (unpaired) electrons. The van der Waals surface area contributed by atoms with Gasteiger partial charge in [0.05, 0.1) is 5.69 Å². The lowest BCUT2D eigenvalue weighted by Crippen LogP contribution is -2.24. The van der Waals surface area contributed by atoms with Gasteiger partial charge in [-0.25, -0.2) is 0 Å². The number of hydrogen-bond donors (Lipinski definition) is 0. The minimum absolute atomic E-state index is 0.146. The van der Waals surface area contributed by atoms with Crippen LogP contribution in [0.3, 0.4) is 0 Å². The number of carbonyl (C=O) groups excluding carboxylic acids is 1. The van der Waals surface area contributed by atoms with Gasteiger partial charge in [0.25, 0.3) is 0 Å². The molecule has 0 bridgehead atoms. The highest BCUT2D eigenvalue weighted by atomic mass is 35.5. The molecular formula is C13H14ClNOS. The van der Waals surface area contributed by atoms with Gasteiger partial charge in [-0.15, -0.1) is 18.3 Å². The Kier molecular flexibility index (Phi) is 3.79. The summed E-state index contributed by atoms with van der Waals surface area (Å²) in [7, 11) is 0. The second kappa shape index (κ2) is 5.15. The number of benzene rings is 1. The molecule has 4 heteroatoms. The number of rotatable bonds is 3. The van der Waals surface area contributed by atoms with Crippen molar-refractivity contribution >= 4 is 35.0 Å². The fourth-order valence-electron chi connectivity index (χ4n) is 2.00. The van der Waals surface area contributed by atoms with E-state index in [4.69, 9.17) is 11.6 Å². The van der Waals surface area contributed by atoms with Gasteiger partial charge >= 0.3 is 0 Å². The molecule has 0 N–H and O–H groups in total. The average Bonchev–Trinajstić information content (AvgIpc) is 2.70. The number of amides is 1. The maximum Gasteiger partial charge on any atom is 0.227 e. The van der Waals surface area contributed by atoms with Crippen LogP contribution in [0.2, 0.25) is 5.02 Å². The summed E-state index contributed by atoms with van der Waals surface area (Å²) in [5, 5.41) is 0.660. The highest BCUT2D eigenvalue weighted by molar-refractivity contribution is 7.98. The molecular weight excluding hydrogens is 254 g/mol. The van der Waals surface area contributed by atoms with Crippen LogP contribution in [-0.4, -0.2) is 18.7 Å². The third kappa shape index (κ3) is 2.50. The van der Waals surface area contributed by atoms with E-state index in [2.05, 4.69) is 6.58 Å². The van der Waals surface area contributed by atoms with Gasteiger partial charge in [0.1, 0.15) is 0 Å². The predicted molar refractivity (Wildman–Crippen MR) is 73.9 cm³/mol. The van der Waals surface area contributed by atoms with Crippen LogP contribution in [0.1, 0.15) is 6.42 Å². The molecule has 2 nitrogen and oxygen atoms in total. The zero-order chi connectivity index (χ0) is 12.4. The maximum absolute atomic E-state index is 11.9. The third-order valence-electron chi connectivity index (χ3n) is 2.92. The molecule has 1 heterocycles. The van der Waals surface area contributed by atoms with Crippen molar-refractivity contribution in [3.63, 3.8) is 0 Å². The number of nitrogens with zero attached hydrogens (tertiary/aromatic N) is 1. The van der Waals surface area contributed by atoms with Crippen LogP contribution < -0.4 is 4.90 Å². The number of carbonyl (C=O) groups is 1. The maximum atomic E-state index is 11.9. The number of halogens is 1. The van der Waals surface area contributed by atoms with Gasteiger partial charge in [-0.2, -0.15) is 0 Å². The predicted octanol–water partition coefficient (Wildman–Crippen LogP) is 3.60. The van der Waals surface area contributed by atoms with E-state index < -0.39 is 0 Å². The molecule has 1 aromatic rings. The molecule has 0 saturated carbocycles. The fraction of sp³-hybridized carbons (Fsp3) is 0.308. The number of anilines is 1. The first-order valence-electron chi connectivity index (χ1n) is 5.42. The lowest BCUT2D eigenvalue weighted by molar-refractivity contribution is -0.117.